The molecule has 4 rings (SSSR count). The first-order chi connectivity index (χ1) is 12.7. The molecule has 0 unspecified atom stereocenters. The molecular weight excluding hydrogens is 332 g/mol. The average Bonchev–Trinajstić information content (AvgIpc) is 3.15. The molecule has 26 heavy (non-hydrogen) atoms. The highest BCUT2D eigenvalue weighted by molar-refractivity contribution is 5.93. The molecule has 1 amide bonds. The van der Waals surface area contributed by atoms with Gasteiger partial charge in [0.05, 0.1) is 13.1 Å². The highest BCUT2D eigenvalue weighted by Gasteiger charge is 2.34. The molecule has 1 aromatic carbocycles. The minimum Gasteiger partial charge on any atom is -0.487 e. The van der Waals surface area contributed by atoms with Gasteiger partial charge in [-0.15, -0.1) is 0 Å². The van der Waals surface area contributed by atoms with Crippen molar-refractivity contribution in [3.05, 3.63) is 66.1 Å². The molecule has 1 fully saturated rings. The summed E-state index contributed by atoms with van der Waals surface area (Å²) in [5, 5.41) is 12.7. The van der Waals surface area contributed by atoms with Crippen LogP contribution in [0.1, 0.15) is 16.2 Å². The molecule has 3 aromatic rings. The predicted molar refractivity (Wildman–Crippen MR) is 91.2 cm³/mol. The van der Waals surface area contributed by atoms with E-state index in [2.05, 4.69) is 10.1 Å². The number of carbonyl (C=O) groups excluding carboxylic acids is 1. The second-order valence-electron chi connectivity index (χ2n) is 5.88. The Labute approximate surface area is 149 Å². The molecule has 2 aromatic heterocycles. The van der Waals surface area contributed by atoms with E-state index in [4.69, 9.17) is 14.5 Å². The number of nitrogens with zero attached hydrogens (tertiary/aromatic N) is 4. The molecule has 0 aliphatic carbocycles. The van der Waals surface area contributed by atoms with Crippen molar-refractivity contribution in [1.82, 2.24) is 15.0 Å². The van der Waals surface area contributed by atoms with Crippen LogP contribution in [0.4, 0.5) is 0 Å². The zero-order valence-electron chi connectivity index (χ0n) is 13.7. The summed E-state index contributed by atoms with van der Waals surface area (Å²) >= 11 is 0. The van der Waals surface area contributed by atoms with E-state index in [0.717, 1.165) is 5.56 Å². The minimum atomic E-state index is -0.191. The highest BCUT2D eigenvalue weighted by atomic mass is 16.5. The normalized spacial score (nSPS) is 13.7. The number of pyridine rings is 1. The van der Waals surface area contributed by atoms with E-state index in [1.807, 2.05) is 36.4 Å². The van der Waals surface area contributed by atoms with Gasteiger partial charge < -0.3 is 14.2 Å². The zero-order valence-corrected chi connectivity index (χ0v) is 13.7. The average molecular weight is 346 g/mol. The predicted octanol–water partition coefficient (Wildman–Crippen LogP) is 2.51. The number of carbonyl (C=O) groups is 1. The van der Waals surface area contributed by atoms with E-state index in [1.54, 1.807) is 23.1 Å². The third-order valence-corrected chi connectivity index (χ3v) is 4.07. The van der Waals surface area contributed by atoms with Gasteiger partial charge in [0.1, 0.15) is 23.6 Å². The quantitative estimate of drug-likeness (QED) is 0.721. The summed E-state index contributed by atoms with van der Waals surface area (Å²) in [7, 11) is 0. The Morgan fingerprint density at radius 1 is 1.23 bits per heavy atom. The van der Waals surface area contributed by atoms with Crippen molar-refractivity contribution >= 4 is 5.91 Å². The lowest BCUT2D eigenvalue weighted by Crippen LogP contribution is -2.56. The van der Waals surface area contributed by atoms with E-state index < -0.39 is 0 Å². The summed E-state index contributed by atoms with van der Waals surface area (Å²) in [6.45, 7) is 0.910. The number of nitriles is 1. The van der Waals surface area contributed by atoms with Gasteiger partial charge in [-0.05, 0) is 6.07 Å². The fourth-order valence-corrected chi connectivity index (χ4v) is 2.69. The van der Waals surface area contributed by atoms with Crippen LogP contribution in [0.5, 0.6) is 5.75 Å². The molecule has 1 aliphatic heterocycles. The second-order valence-corrected chi connectivity index (χ2v) is 5.88. The topological polar surface area (TPSA) is 92.2 Å². The third-order valence-electron chi connectivity index (χ3n) is 4.07. The lowest BCUT2D eigenvalue weighted by molar-refractivity contribution is 0.0170. The second kappa shape index (κ2) is 6.69. The van der Waals surface area contributed by atoms with Crippen LogP contribution in [-0.4, -0.2) is 40.1 Å². The largest absolute Gasteiger partial charge is 0.487 e. The molecule has 7 heteroatoms. The van der Waals surface area contributed by atoms with E-state index >= 15 is 0 Å². The van der Waals surface area contributed by atoms with Gasteiger partial charge in [0.25, 0.3) is 5.91 Å². The fourth-order valence-electron chi connectivity index (χ4n) is 2.69. The highest BCUT2D eigenvalue weighted by Crippen LogP contribution is 2.23. The third kappa shape index (κ3) is 3.13. The van der Waals surface area contributed by atoms with Crippen LogP contribution in [0.15, 0.2) is 59.3 Å². The molecule has 128 valence electrons. The molecule has 1 aliphatic rings. The maximum absolute atomic E-state index is 12.5. The molecule has 0 saturated carbocycles. The number of aromatic nitrogens is 2. The number of ether oxygens (including phenoxy) is 1. The Hall–Kier alpha value is -3.66. The van der Waals surface area contributed by atoms with Crippen LogP contribution in [0, 0.1) is 11.3 Å². The van der Waals surface area contributed by atoms with Gasteiger partial charge in [0, 0.05) is 23.9 Å². The molecule has 0 radical (unpaired) electrons. The molecule has 7 nitrogen and oxygen atoms in total. The van der Waals surface area contributed by atoms with Crippen molar-refractivity contribution in [1.29, 1.82) is 5.26 Å². The number of hydrogen-bond acceptors (Lipinski definition) is 6. The smallest absolute Gasteiger partial charge is 0.276 e. The Morgan fingerprint density at radius 2 is 2.04 bits per heavy atom. The van der Waals surface area contributed by atoms with Crippen molar-refractivity contribution in [3.63, 3.8) is 0 Å². The van der Waals surface area contributed by atoms with E-state index in [9.17, 15) is 4.79 Å². The Kier molecular flexibility index (Phi) is 4.07. The van der Waals surface area contributed by atoms with Crippen molar-refractivity contribution in [2.24, 2.45) is 0 Å². The molecule has 1 saturated heterocycles. The number of hydrogen-bond donors (Lipinski definition) is 0. The molecule has 0 bridgehead atoms. The van der Waals surface area contributed by atoms with E-state index in [-0.39, 0.29) is 17.7 Å². The number of rotatable bonds is 4. The van der Waals surface area contributed by atoms with Crippen LogP contribution >= 0.6 is 0 Å². The maximum Gasteiger partial charge on any atom is 0.276 e. The Balaban J connectivity index is 1.36. The Bertz CT molecular complexity index is 972. The van der Waals surface area contributed by atoms with Crippen molar-refractivity contribution < 1.29 is 14.1 Å². The fraction of sp³-hybridized carbons (Fsp3) is 0.158. The minimum absolute atomic E-state index is 0.117. The van der Waals surface area contributed by atoms with Crippen LogP contribution in [0.3, 0.4) is 0 Å². The van der Waals surface area contributed by atoms with Crippen molar-refractivity contribution in [3.8, 4) is 23.1 Å². The molecular formula is C19H14N4O3. The zero-order chi connectivity index (χ0) is 17.9. The first kappa shape index (κ1) is 15.8. The summed E-state index contributed by atoms with van der Waals surface area (Å²) < 4.78 is 11.0. The summed E-state index contributed by atoms with van der Waals surface area (Å²) in [6, 6.07) is 16.4. The summed E-state index contributed by atoms with van der Waals surface area (Å²) in [5.41, 5.74) is 1.44. The molecule has 0 N–H and O–H groups in total. The lowest BCUT2D eigenvalue weighted by atomic mass is 10.1. The van der Waals surface area contributed by atoms with Crippen molar-refractivity contribution in [2.45, 2.75) is 6.10 Å². The number of likely N-dealkylation sites (tertiary alicyclic amines) is 1. The van der Waals surface area contributed by atoms with Crippen LogP contribution in [0.25, 0.3) is 11.3 Å². The van der Waals surface area contributed by atoms with Gasteiger partial charge in [-0.25, -0.2) is 4.98 Å². The summed E-state index contributed by atoms with van der Waals surface area (Å²) in [4.78, 5) is 18.0. The monoisotopic (exact) mass is 346 g/mol. The Morgan fingerprint density at radius 3 is 2.81 bits per heavy atom. The van der Waals surface area contributed by atoms with E-state index in [1.165, 1.54) is 6.20 Å². The number of benzene rings is 1. The summed E-state index contributed by atoms with van der Waals surface area (Å²) in [6.07, 6.45) is 1.41. The lowest BCUT2D eigenvalue weighted by Gasteiger charge is -2.38. The maximum atomic E-state index is 12.5. The molecule has 3 heterocycles. The van der Waals surface area contributed by atoms with E-state index in [0.29, 0.717) is 30.3 Å². The SMILES string of the molecule is N#Cc1cc(OC2CN(C(=O)c3cc(-c4ccccc4)on3)C2)ccn1. The first-order valence-corrected chi connectivity index (χ1v) is 8.07. The number of amides is 1. The van der Waals surface area contributed by atoms with Crippen LogP contribution in [-0.2, 0) is 0 Å². The first-order valence-electron chi connectivity index (χ1n) is 8.07. The van der Waals surface area contributed by atoms with Gasteiger partial charge in [-0.3, -0.25) is 4.79 Å². The van der Waals surface area contributed by atoms with Crippen LogP contribution in [0.2, 0.25) is 0 Å². The molecule has 0 atom stereocenters. The van der Waals surface area contributed by atoms with Crippen LogP contribution < -0.4 is 4.74 Å². The van der Waals surface area contributed by atoms with Gasteiger partial charge >= 0.3 is 0 Å². The van der Waals surface area contributed by atoms with Gasteiger partial charge in [0.15, 0.2) is 11.5 Å². The molecule has 0 spiro atoms. The standard InChI is InChI=1S/C19H14N4O3/c20-10-14-8-15(6-7-21-14)25-16-11-23(12-16)19(24)17-9-18(26-22-17)13-4-2-1-3-5-13/h1-9,16H,11-12H2. The van der Waals surface area contributed by atoms with Crippen molar-refractivity contribution in [2.75, 3.05) is 13.1 Å². The van der Waals surface area contributed by atoms with Gasteiger partial charge in [0.2, 0.25) is 0 Å². The summed E-state index contributed by atoms with van der Waals surface area (Å²) in [5.74, 6) is 0.938. The van der Waals surface area contributed by atoms with Gasteiger partial charge in [-0.2, -0.15) is 5.26 Å². The van der Waals surface area contributed by atoms with Gasteiger partial charge in [-0.1, -0.05) is 35.5 Å².